The summed E-state index contributed by atoms with van der Waals surface area (Å²) in [5.74, 6) is -0.351. The summed E-state index contributed by atoms with van der Waals surface area (Å²) in [6.45, 7) is 7.28. The van der Waals surface area contributed by atoms with E-state index in [1.165, 1.54) is 6.07 Å². The van der Waals surface area contributed by atoms with Crippen LogP contribution in [0.15, 0.2) is 18.2 Å². The SMILES string of the molecule is CCN(CC)C(C)(C#N)Cc1c(F)cccc1Cl. The lowest BCUT2D eigenvalue weighted by atomic mass is 9.92. The third-order valence-corrected chi connectivity index (χ3v) is 3.64. The second-order valence-electron chi connectivity index (χ2n) is 4.43. The van der Waals surface area contributed by atoms with Crippen molar-refractivity contribution in [2.24, 2.45) is 0 Å². The maximum Gasteiger partial charge on any atom is 0.127 e. The fraction of sp³-hybridized carbons (Fsp3) is 0.500. The van der Waals surface area contributed by atoms with Crippen molar-refractivity contribution in [3.8, 4) is 6.07 Å². The van der Waals surface area contributed by atoms with Gasteiger partial charge in [-0.2, -0.15) is 5.26 Å². The predicted molar refractivity (Wildman–Crippen MR) is 72.1 cm³/mol. The molecule has 0 N–H and O–H groups in total. The van der Waals surface area contributed by atoms with Crippen molar-refractivity contribution in [3.63, 3.8) is 0 Å². The van der Waals surface area contributed by atoms with Crippen LogP contribution in [0.4, 0.5) is 4.39 Å². The van der Waals surface area contributed by atoms with Gasteiger partial charge < -0.3 is 0 Å². The molecule has 0 saturated carbocycles. The lowest BCUT2D eigenvalue weighted by Crippen LogP contribution is -2.47. The van der Waals surface area contributed by atoms with Crippen LogP contribution in [0, 0.1) is 17.1 Å². The van der Waals surface area contributed by atoms with Gasteiger partial charge in [-0.3, -0.25) is 4.90 Å². The van der Waals surface area contributed by atoms with Crippen LogP contribution in [0.2, 0.25) is 5.02 Å². The Labute approximate surface area is 113 Å². The van der Waals surface area contributed by atoms with E-state index in [1.807, 2.05) is 25.7 Å². The van der Waals surface area contributed by atoms with Gasteiger partial charge in [0.2, 0.25) is 0 Å². The van der Waals surface area contributed by atoms with Gasteiger partial charge >= 0.3 is 0 Å². The minimum Gasteiger partial charge on any atom is -0.286 e. The molecule has 0 aliphatic rings. The number of nitrogens with zero attached hydrogens (tertiary/aromatic N) is 2. The number of halogens is 2. The van der Waals surface area contributed by atoms with E-state index in [9.17, 15) is 9.65 Å². The van der Waals surface area contributed by atoms with Crippen LogP contribution >= 0.6 is 11.6 Å². The van der Waals surface area contributed by atoms with E-state index in [4.69, 9.17) is 11.6 Å². The quantitative estimate of drug-likeness (QED) is 0.815. The molecule has 0 aromatic heterocycles. The standard InChI is InChI=1S/C14H18ClFN2/c1-4-18(5-2)14(3,10-17)9-11-12(15)7-6-8-13(11)16/h6-8H,4-5,9H2,1-3H3. The van der Waals surface area contributed by atoms with Crippen molar-refractivity contribution < 1.29 is 4.39 Å². The van der Waals surface area contributed by atoms with Gasteiger partial charge in [0.1, 0.15) is 11.4 Å². The molecular formula is C14H18ClFN2. The van der Waals surface area contributed by atoms with Crippen LogP contribution in [0.3, 0.4) is 0 Å². The highest BCUT2D eigenvalue weighted by molar-refractivity contribution is 6.31. The first-order valence-corrected chi connectivity index (χ1v) is 6.45. The number of likely N-dealkylation sites (N-methyl/N-ethyl adjacent to an activating group) is 1. The monoisotopic (exact) mass is 268 g/mol. The van der Waals surface area contributed by atoms with E-state index in [2.05, 4.69) is 6.07 Å². The van der Waals surface area contributed by atoms with Gasteiger partial charge in [-0.1, -0.05) is 31.5 Å². The number of benzene rings is 1. The van der Waals surface area contributed by atoms with E-state index >= 15 is 0 Å². The maximum absolute atomic E-state index is 13.8. The summed E-state index contributed by atoms with van der Waals surface area (Å²) in [5.41, 5.74) is -0.329. The largest absolute Gasteiger partial charge is 0.286 e. The van der Waals surface area contributed by atoms with Crippen molar-refractivity contribution in [1.82, 2.24) is 4.90 Å². The summed E-state index contributed by atoms with van der Waals surface area (Å²) in [4.78, 5) is 2.01. The van der Waals surface area contributed by atoms with Crippen LogP contribution in [0.1, 0.15) is 26.3 Å². The molecule has 4 heteroatoms. The molecule has 1 atom stereocenters. The Kier molecular flexibility index (Phi) is 5.13. The Morgan fingerprint density at radius 2 is 2.00 bits per heavy atom. The zero-order chi connectivity index (χ0) is 13.8. The molecule has 0 aliphatic heterocycles. The minimum atomic E-state index is -0.741. The van der Waals surface area contributed by atoms with Crippen molar-refractivity contribution in [2.75, 3.05) is 13.1 Å². The fourth-order valence-electron chi connectivity index (χ4n) is 2.19. The van der Waals surface area contributed by atoms with Crippen LogP contribution in [-0.2, 0) is 6.42 Å². The summed E-state index contributed by atoms with van der Waals surface area (Å²) in [5, 5.41) is 9.78. The Bertz CT molecular complexity index is 431. The number of hydrogen-bond donors (Lipinski definition) is 0. The Morgan fingerprint density at radius 1 is 1.39 bits per heavy atom. The van der Waals surface area contributed by atoms with Crippen molar-refractivity contribution in [2.45, 2.75) is 32.7 Å². The van der Waals surface area contributed by atoms with Crippen LogP contribution < -0.4 is 0 Å². The summed E-state index contributed by atoms with van der Waals surface area (Å²) in [6, 6.07) is 6.88. The van der Waals surface area contributed by atoms with Gasteiger partial charge in [-0.05, 0) is 32.1 Å². The molecule has 0 spiro atoms. The van der Waals surface area contributed by atoms with Gasteiger partial charge in [0.25, 0.3) is 0 Å². The smallest absolute Gasteiger partial charge is 0.127 e. The molecule has 0 aliphatic carbocycles. The van der Waals surface area contributed by atoms with E-state index in [-0.39, 0.29) is 12.2 Å². The molecule has 0 radical (unpaired) electrons. The number of nitriles is 1. The van der Waals surface area contributed by atoms with Crippen molar-refractivity contribution in [3.05, 3.63) is 34.6 Å². The highest BCUT2D eigenvalue weighted by atomic mass is 35.5. The van der Waals surface area contributed by atoms with E-state index in [0.29, 0.717) is 10.6 Å². The third kappa shape index (κ3) is 3.01. The molecular weight excluding hydrogens is 251 g/mol. The van der Waals surface area contributed by atoms with Crippen LogP contribution in [-0.4, -0.2) is 23.5 Å². The maximum atomic E-state index is 13.8. The molecule has 18 heavy (non-hydrogen) atoms. The van der Waals surface area contributed by atoms with Gasteiger partial charge in [0, 0.05) is 17.0 Å². The average Bonchev–Trinajstić information content (AvgIpc) is 2.35. The Hall–Kier alpha value is -1.11. The van der Waals surface area contributed by atoms with Gasteiger partial charge in [-0.15, -0.1) is 0 Å². The lowest BCUT2D eigenvalue weighted by molar-refractivity contribution is 0.168. The fourth-order valence-corrected chi connectivity index (χ4v) is 2.42. The first kappa shape index (κ1) is 14.9. The molecule has 1 rings (SSSR count). The predicted octanol–water partition coefficient (Wildman–Crippen LogP) is 3.65. The first-order chi connectivity index (χ1) is 8.48. The molecule has 0 saturated heterocycles. The molecule has 2 nitrogen and oxygen atoms in total. The third-order valence-electron chi connectivity index (χ3n) is 3.28. The van der Waals surface area contributed by atoms with Gasteiger partial charge in [0.15, 0.2) is 0 Å². The van der Waals surface area contributed by atoms with Crippen LogP contribution in [0.5, 0.6) is 0 Å². The molecule has 1 aromatic rings. The van der Waals surface area contributed by atoms with E-state index in [1.54, 1.807) is 12.1 Å². The number of hydrogen-bond acceptors (Lipinski definition) is 2. The molecule has 0 amide bonds. The normalized spacial score (nSPS) is 14.3. The topological polar surface area (TPSA) is 27.0 Å². The van der Waals surface area contributed by atoms with E-state index in [0.717, 1.165) is 13.1 Å². The zero-order valence-corrected chi connectivity index (χ0v) is 11.8. The minimum absolute atomic E-state index is 0.288. The summed E-state index contributed by atoms with van der Waals surface area (Å²) in [6.07, 6.45) is 0.288. The van der Waals surface area contributed by atoms with Gasteiger partial charge in [0.05, 0.1) is 6.07 Å². The number of rotatable bonds is 5. The highest BCUT2D eigenvalue weighted by Crippen LogP contribution is 2.27. The van der Waals surface area contributed by atoms with Crippen molar-refractivity contribution >= 4 is 11.6 Å². The molecule has 0 heterocycles. The summed E-state index contributed by atoms with van der Waals surface area (Å²) >= 11 is 6.02. The molecule has 0 bridgehead atoms. The average molecular weight is 269 g/mol. The molecule has 1 aromatic carbocycles. The summed E-state index contributed by atoms with van der Waals surface area (Å²) < 4.78 is 13.8. The zero-order valence-electron chi connectivity index (χ0n) is 11.0. The highest BCUT2D eigenvalue weighted by Gasteiger charge is 2.31. The Morgan fingerprint density at radius 3 is 2.44 bits per heavy atom. The van der Waals surface area contributed by atoms with E-state index < -0.39 is 5.54 Å². The summed E-state index contributed by atoms with van der Waals surface area (Å²) in [7, 11) is 0. The molecule has 1 unspecified atom stereocenters. The second-order valence-corrected chi connectivity index (χ2v) is 4.84. The van der Waals surface area contributed by atoms with Crippen molar-refractivity contribution in [1.29, 1.82) is 5.26 Å². The second kappa shape index (κ2) is 6.17. The molecule has 0 fully saturated rings. The van der Waals surface area contributed by atoms with Crippen LogP contribution in [0.25, 0.3) is 0 Å². The Balaban J connectivity index is 3.10. The lowest BCUT2D eigenvalue weighted by Gasteiger charge is -2.34. The molecule has 98 valence electrons. The first-order valence-electron chi connectivity index (χ1n) is 6.07. The van der Waals surface area contributed by atoms with Gasteiger partial charge in [-0.25, -0.2) is 4.39 Å².